The lowest BCUT2D eigenvalue weighted by molar-refractivity contribution is -0.134. The van der Waals surface area contributed by atoms with Crippen molar-refractivity contribution >= 4 is 5.91 Å². The monoisotopic (exact) mass is 373 g/mol. The minimum atomic E-state index is -0.430. The van der Waals surface area contributed by atoms with Crippen molar-refractivity contribution in [1.82, 2.24) is 9.80 Å². The lowest BCUT2D eigenvalue weighted by atomic mass is 9.92. The van der Waals surface area contributed by atoms with Crippen LogP contribution in [0.2, 0.25) is 0 Å². The molecule has 2 aliphatic heterocycles. The number of hydrogen-bond donors (Lipinski definition) is 1. The summed E-state index contributed by atoms with van der Waals surface area (Å²) in [6.07, 6.45) is 4.70. The molecule has 0 aromatic heterocycles. The van der Waals surface area contributed by atoms with E-state index in [1.54, 1.807) is 0 Å². The summed E-state index contributed by atoms with van der Waals surface area (Å²) in [5.41, 5.74) is 7.31. The highest BCUT2D eigenvalue weighted by Crippen LogP contribution is 2.22. The van der Waals surface area contributed by atoms with E-state index < -0.39 is 6.04 Å². The van der Waals surface area contributed by atoms with Crippen LogP contribution in [0.25, 0.3) is 0 Å². The van der Waals surface area contributed by atoms with Gasteiger partial charge in [-0.1, -0.05) is 30.3 Å². The molecule has 2 heterocycles. The predicted octanol–water partition coefficient (Wildman–Crippen LogP) is 2.29. The van der Waals surface area contributed by atoms with E-state index in [0.29, 0.717) is 24.5 Å². The summed E-state index contributed by atoms with van der Waals surface area (Å²) in [5, 5.41) is 0. The highest BCUT2D eigenvalue weighted by atomic mass is 16.5. The summed E-state index contributed by atoms with van der Waals surface area (Å²) >= 11 is 0. The highest BCUT2D eigenvalue weighted by Gasteiger charge is 2.27. The van der Waals surface area contributed by atoms with E-state index in [9.17, 15) is 4.79 Å². The number of morpholine rings is 1. The molecule has 0 spiro atoms. The van der Waals surface area contributed by atoms with Gasteiger partial charge in [0.05, 0.1) is 18.2 Å². The largest absolute Gasteiger partial charge is 0.373 e. The molecule has 5 heteroatoms. The third kappa shape index (κ3) is 6.03. The van der Waals surface area contributed by atoms with Crippen molar-refractivity contribution < 1.29 is 9.53 Å². The second kappa shape index (κ2) is 9.67. The van der Waals surface area contributed by atoms with Gasteiger partial charge in [-0.2, -0.15) is 0 Å². The van der Waals surface area contributed by atoms with Gasteiger partial charge in [0, 0.05) is 26.2 Å². The van der Waals surface area contributed by atoms with Gasteiger partial charge in [-0.3, -0.25) is 9.69 Å². The fourth-order valence-electron chi connectivity index (χ4n) is 4.46. The van der Waals surface area contributed by atoms with Crippen molar-refractivity contribution in [2.24, 2.45) is 11.7 Å². The van der Waals surface area contributed by atoms with E-state index in [-0.39, 0.29) is 5.91 Å². The third-order valence-corrected chi connectivity index (χ3v) is 5.89. The van der Waals surface area contributed by atoms with E-state index in [2.05, 4.69) is 18.7 Å². The van der Waals surface area contributed by atoms with Crippen molar-refractivity contribution in [3.63, 3.8) is 0 Å². The van der Waals surface area contributed by atoms with Crippen LogP contribution >= 0.6 is 0 Å². The molecule has 0 aliphatic carbocycles. The van der Waals surface area contributed by atoms with Gasteiger partial charge in [0.25, 0.3) is 0 Å². The van der Waals surface area contributed by atoms with Gasteiger partial charge in [-0.25, -0.2) is 0 Å². The lowest BCUT2D eigenvalue weighted by Crippen LogP contribution is -2.48. The zero-order valence-corrected chi connectivity index (χ0v) is 16.8. The van der Waals surface area contributed by atoms with E-state index in [4.69, 9.17) is 10.5 Å². The molecular formula is C22H35N3O2. The summed E-state index contributed by atoms with van der Waals surface area (Å²) in [4.78, 5) is 17.2. The van der Waals surface area contributed by atoms with E-state index in [1.807, 2.05) is 35.2 Å². The summed E-state index contributed by atoms with van der Waals surface area (Å²) < 4.78 is 5.82. The maximum Gasteiger partial charge on any atom is 0.239 e. The fourth-order valence-corrected chi connectivity index (χ4v) is 4.46. The molecule has 2 saturated heterocycles. The van der Waals surface area contributed by atoms with Crippen molar-refractivity contribution in [3.05, 3.63) is 35.9 Å². The van der Waals surface area contributed by atoms with Crippen molar-refractivity contribution in [1.29, 1.82) is 0 Å². The third-order valence-electron chi connectivity index (χ3n) is 5.89. The zero-order chi connectivity index (χ0) is 19.2. The van der Waals surface area contributed by atoms with Gasteiger partial charge in [0.1, 0.15) is 0 Å². The Morgan fingerprint density at radius 1 is 1.15 bits per heavy atom. The minimum Gasteiger partial charge on any atom is -0.373 e. The first kappa shape index (κ1) is 20.3. The lowest BCUT2D eigenvalue weighted by Gasteiger charge is -2.37. The molecule has 0 radical (unpaired) electrons. The number of benzene rings is 1. The average molecular weight is 374 g/mol. The first-order chi connectivity index (χ1) is 13.0. The number of carbonyl (C=O) groups excluding carboxylic acids is 1. The Bertz CT molecular complexity index is 576. The molecular weight excluding hydrogens is 338 g/mol. The predicted molar refractivity (Wildman–Crippen MR) is 108 cm³/mol. The molecule has 3 unspecified atom stereocenters. The molecule has 3 rings (SSSR count). The first-order valence-corrected chi connectivity index (χ1v) is 10.5. The molecule has 27 heavy (non-hydrogen) atoms. The molecule has 5 nitrogen and oxygen atoms in total. The van der Waals surface area contributed by atoms with Crippen molar-refractivity contribution in [2.75, 3.05) is 32.7 Å². The molecule has 1 amide bonds. The number of hydrogen-bond acceptors (Lipinski definition) is 4. The number of rotatable bonds is 6. The molecule has 2 aliphatic rings. The van der Waals surface area contributed by atoms with Crippen molar-refractivity contribution in [3.8, 4) is 0 Å². The Morgan fingerprint density at radius 3 is 2.41 bits per heavy atom. The quantitative estimate of drug-likeness (QED) is 0.831. The molecule has 0 saturated carbocycles. The number of nitrogens with zero attached hydrogens (tertiary/aromatic N) is 2. The SMILES string of the molecule is CC1CN(CCC2CCN(C(=O)C(N)Cc3ccccc3)CC2)CC(C)O1. The molecule has 1 aromatic carbocycles. The van der Waals surface area contributed by atoms with Gasteiger partial charge in [0.15, 0.2) is 0 Å². The van der Waals surface area contributed by atoms with Crippen molar-refractivity contribution in [2.45, 2.75) is 57.8 Å². The molecule has 1 aromatic rings. The Hall–Kier alpha value is -1.43. The van der Waals surface area contributed by atoms with Crippen LogP contribution in [-0.4, -0.2) is 66.7 Å². The van der Waals surface area contributed by atoms with Crippen LogP contribution in [0.15, 0.2) is 30.3 Å². The van der Waals surface area contributed by atoms with Crippen LogP contribution in [0.3, 0.4) is 0 Å². The molecule has 2 N–H and O–H groups in total. The van der Waals surface area contributed by atoms with Crippen LogP contribution in [0.1, 0.15) is 38.7 Å². The minimum absolute atomic E-state index is 0.105. The van der Waals surface area contributed by atoms with Gasteiger partial charge >= 0.3 is 0 Å². The highest BCUT2D eigenvalue weighted by molar-refractivity contribution is 5.82. The molecule has 150 valence electrons. The Labute approximate surface area is 163 Å². The second-order valence-corrected chi connectivity index (χ2v) is 8.37. The van der Waals surface area contributed by atoms with Gasteiger partial charge in [-0.15, -0.1) is 0 Å². The smallest absolute Gasteiger partial charge is 0.239 e. The maximum atomic E-state index is 12.7. The Kier molecular flexibility index (Phi) is 7.27. The normalized spacial score (nSPS) is 26.1. The van der Waals surface area contributed by atoms with Crippen LogP contribution in [0, 0.1) is 5.92 Å². The topological polar surface area (TPSA) is 58.8 Å². The summed E-state index contributed by atoms with van der Waals surface area (Å²) in [7, 11) is 0. The van der Waals surface area contributed by atoms with Gasteiger partial charge < -0.3 is 15.4 Å². The van der Waals surface area contributed by atoms with Gasteiger partial charge in [-0.05, 0) is 57.6 Å². The number of piperidine rings is 1. The maximum absolute atomic E-state index is 12.7. The number of carbonyl (C=O) groups is 1. The summed E-state index contributed by atoms with van der Waals surface area (Å²) in [6.45, 7) is 9.23. The number of ether oxygens (including phenoxy) is 1. The summed E-state index contributed by atoms with van der Waals surface area (Å²) in [5.74, 6) is 0.820. The van der Waals surface area contributed by atoms with Crippen LogP contribution in [-0.2, 0) is 16.0 Å². The average Bonchev–Trinajstić information content (AvgIpc) is 2.66. The van der Waals surface area contributed by atoms with Gasteiger partial charge in [0.2, 0.25) is 5.91 Å². The van der Waals surface area contributed by atoms with E-state index >= 15 is 0 Å². The zero-order valence-electron chi connectivity index (χ0n) is 16.8. The Balaban J connectivity index is 1.38. The number of nitrogens with two attached hydrogens (primary N) is 1. The fraction of sp³-hybridized carbons (Fsp3) is 0.682. The van der Waals surface area contributed by atoms with Crippen LogP contribution in [0.4, 0.5) is 0 Å². The summed E-state index contributed by atoms with van der Waals surface area (Å²) in [6, 6.07) is 9.61. The molecule has 3 atom stereocenters. The second-order valence-electron chi connectivity index (χ2n) is 8.37. The Morgan fingerprint density at radius 2 is 1.78 bits per heavy atom. The number of amides is 1. The van der Waals surface area contributed by atoms with E-state index in [1.165, 1.54) is 6.42 Å². The van der Waals surface area contributed by atoms with Crippen LogP contribution < -0.4 is 5.73 Å². The van der Waals surface area contributed by atoms with Crippen LogP contribution in [0.5, 0.6) is 0 Å². The van der Waals surface area contributed by atoms with E-state index in [0.717, 1.165) is 51.1 Å². The standard InChI is InChI=1S/C22H35N3O2/c1-17-15-24(16-18(2)27-17)11-8-19-9-12-25(13-10-19)22(26)21(23)14-20-6-4-3-5-7-20/h3-7,17-19,21H,8-16,23H2,1-2H3. The molecule has 0 bridgehead atoms. The first-order valence-electron chi connectivity index (χ1n) is 10.5. The molecule has 2 fully saturated rings. The number of likely N-dealkylation sites (tertiary alicyclic amines) is 1.